The number of hydrogen-bond acceptors (Lipinski definition) is 7. The van der Waals surface area contributed by atoms with Gasteiger partial charge < -0.3 is 5.32 Å². The van der Waals surface area contributed by atoms with Crippen LogP contribution >= 0.6 is 0 Å². The summed E-state index contributed by atoms with van der Waals surface area (Å²) >= 11 is 0. The standard InChI is InChI=1S/C21H23F2N7O2S/c1-2-29-17-10-13-12-25-20(26-16-7-6-14(11-15(16)22)33(24,31)32)27-18(13)30(17)21(19(23)28-29)8-4-3-5-9-21/h6-7,10-12H,2-5,8-9H2,1H3,(H2,24,31,32)(H,25,26,27). The highest BCUT2D eigenvalue weighted by molar-refractivity contribution is 7.89. The van der Waals surface area contributed by atoms with Crippen LogP contribution in [-0.4, -0.2) is 35.5 Å². The fourth-order valence-corrected chi connectivity index (χ4v) is 5.21. The van der Waals surface area contributed by atoms with Crippen LogP contribution in [0, 0.1) is 5.82 Å². The summed E-state index contributed by atoms with van der Waals surface area (Å²) in [5.41, 5.74) is -0.383. The minimum atomic E-state index is -4.03. The van der Waals surface area contributed by atoms with Crippen molar-refractivity contribution in [2.45, 2.75) is 49.5 Å². The molecule has 1 aromatic carbocycles. The van der Waals surface area contributed by atoms with E-state index in [0.29, 0.717) is 30.4 Å². The third-order valence-corrected chi connectivity index (χ3v) is 7.21. The van der Waals surface area contributed by atoms with Crippen LogP contribution in [0.4, 0.5) is 26.2 Å². The molecule has 0 amide bonds. The molecule has 3 heterocycles. The molecule has 0 atom stereocenters. The van der Waals surface area contributed by atoms with Crippen LogP contribution in [-0.2, 0) is 15.6 Å². The number of rotatable bonds is 4. The fraction of sp³-hybridized carbons (Fsp3) is 0.381. The Bertz CT molecular complexity index is 1380. The summed E-state index contributed by atoms with van der Waals surface area (Å²) in [4.78, 5) is 8.52. The molecule has 2 aromatic heterocycles. The van der Waals surface area contributed by atoms with Crippen LogP contribution in [0.25, 0.3) is 11.0 Å². The maximum absolute atomic E-state index is 15.4. The molecule has 1 aliphatic heterocycles. The third-order valence-electron chi connectivity index (χ3n) is 6.30. The molecule has 0 unspecified atom stereocenters. The van der Waals surface area contributed by atoms with Crippen LogP contribution in [0.3, 0.4) is 0 Å². The van der Waals surface area contributed by atoms with Crippen LogP contribution in [0.15, 0.2) is 40.5 Å². The number of nitrogens with zero attached hydrogens (tertiary/aromatic N) is 5. The third kappa shape index (κ3) is 3.53. The number of aromatic nitrogens is 3. The van der Waals surface area contributed by atoms with Gasteiger partial charge >= 0.3 is 0 Å². The second-order valence-electron chi connectivity index (χ2n) is 8.32. The molecule has 0 saturated heterocycles. The topological polar surface area (TPSA) is 118 Å². The normalized spacial score (nSPS) is 17.8. The Morgan fingerprint density at radius 3 is 2.61 bits per heavy atom. The number of nitrogens with one attached hydrogen (secondary N) is 1. The van der Waals surface area contributed by atoms with E-state index in [1.807, 2.05) is 17.6 Å². The average molecular weight is 476 g/mol. The Hall–Kier alpha value is -3.12. The Kier molecular flexibility index (Phi) is 5.09. The molecule has 0 radical (unpaired) electrons. The van der Waals surface area contributed by atoms with Gasteiger partial charge in [0.15, 0.2) is 0 Å². The van der Waals surface area contributed by atoms with E-state index in [1.165, 1.54) is 12.1 Å². The number of halogens is 2. The molecule has 33 heavy (non-hydrogen) atoms. The molecule has 1 saturated carbocycles. The average Bonchev–Trinajstić information content (AvgIpc) is 3.17. The van der Waals surface area contributed by atoms with Gasteiger partial charge in [-0.3, -0.25) is 4.57 Å². The highest BCUT2D eigenvalue weighted by Crippen LogP contribution is 2.45. The number of anilines is 3. The van der Waals surface area contributed by atoms with Crippen molar-refractivity contribution in [2.75, 3.05) is 16.9 Å². The molecule has 3 aromatic rings. The summed E-state index contributed by atoms with van der Waals surface area (Å²) in [5, 5.41) is 14.4. The minimum absolute atomic E-state index is 0.0116. The van der Waals surface area contributed by atoms with Crippen LogP contribution in [0.5, 0.6) is 0 Å². The molecule has 174 valence electrons. The molecule has 2 aliphatic rings. The molecule has 1 fully saturated rings. The number of nitrogens with two attached hydrogens (primary N) is 1. The fourth-order valence-electron chi connectivity index (χ4n) is 4.68. The van der Waals surface area contributed by atoms with E-state index < -0.39 is 27.3 Å². The van der Waals surface area contributed by atoms with Gasteiger partial charge in [-0.15, -0.1) is 5.10 Å². The lowest BCUT2D eigenvalue weighted by Gasteiger charge is -2.42. The van der Waals surface area contributed by atoms with Crippen molar-refractivity contribution in [3.63, 3.8) is 0 Å². The molecule has 3 N–H and O–H groups in total. The quantitative estimate of drug-likeness (QED) is 0.593. The Morgan fingerprint density at radius 1 is 1.18 bits per heavy atom. The van der Waals surface area contributed by atoms with Gasteiger partial charge in [-0.2, -0.15) is 9.37 Å². The van der Waals surface area contributed by atoms with Crippen LogP contribution in [0.2, 0.25) is 0 Å². The van der Waals surface area contributed by atoms with Gasteiger partial charge in [0.25, 0.3) is 0 Å². The zero-order valence-corrected chi connectivity index (χ0v) is 18.7. The predicted octanol–water partition coefficient (Wildman–Crippen LogP) is 3.74. The molecule has 12 heteroatoms. The summed E-state index contributed by atoms with van der Waals surface area (Å²) in [7, 11) is -4.03. The highest BCUT2D eigenvalue weighted by atomic mass is 32.2. The molecule has 9 nitrogen and oxygen atoms in total. The van der Waals surface area contributed by atoms with Crippen molar-refractivity contribution in [1.29, 1.82) is 0 Å². The van der Waals surface area contributed by atoms with Crippen LogP contribution in [0.1, 0.15) is 39.0 Å². The number of sulfonamides is 1. The lowest BCUT2D eigenvalue weighted by molar-refractivity contribution is 0.262. The molecule has 1 aliphatic carbocycles. The van der Waals surface area contributed by atoms with Crippen molar-refractivity contribution in [3.05, 3.63) is 36.3 Å². The van der Waals surface area contributed by atoms with Crippen LogP contribution < -0.4 is 15.5 Å². The largest absolute Gasteiger partial charge is 0.322 e. The van der Waals surface area contributed by atoms with Crippen molar-refractivity contribution < 1.29 is 17.2 Å². The summed E-state index contributed by atoms with van der Waals surface area (Å²) in [6.45, 7) is 2.38. The Labute approximate surface area is 189 Å². The molecule has 5 rings (SSSR count). The van der Waals surface area contributed by atoms with Crippen molar-refractivity contribution in [3.8, 4) is 0 Å². The van der Waals surface area contributed by atoms with Gasteiger partial charge in [0, 0.05) is 18.1 Å². The van der Waals surface area contributed by atoms with Gasteiger partial charge in [-0.1, -0.05) is 19.3 Å². The van der Waals surface area contributed by atoms with Crippen molar-refractivity contribution in [1.82, 2.24) is 14.5 Å². The van der Waals surface area contributed by atoms with E-state index >= 15 is 4.39 Å². The molecular formula is C21H23F2N7O2S. The van der Waals surface area contributed by atoms with E-state index in [4.69, 9.17) is 5.14 Å². The zero-order valence-electron chi connectivity index (χ0n) is 17.9. The highest BCUT2D eigenvalue weighted by Gasteiger charge is 2.46. The Balaban J connectivity index is 1.60. The van der Waals surface area contributed by atoms with E-state index in [-0.39, 0.29) is 16.5 Å². The Morgan fingerprint density at radius 2 is 1.94 bits per heavy atom. The smallest absolute Gasteiger partial charge is 0.238 e. The number of primary sulfonamides is 1. The van der Waals surface area contributed by atoms with Crippen molar-refractivity contribution >= 4 is 44.5 Å². The molecule has 1 spiro atoms. The number of benzene rings is 1. The van der Waals surface area contributed by atoms with E-state index in [0.717, 1.165) is 31.1 Å². The maximum atomic E-state index is 15.4. The van der Waals surface area contributed by atoms with Gasteiger partial charge in [0.05, 0.1) is 10.6 Å². The van der Waals surface area contributed by atoms with Gasteiger partial charge in [0.2, 0.25) is 21.9 Å². The molecule has 0 bridgehead atoms. The van der Waals surface area contributed by atoms with Gasteiger partial charge in [0.1, 0.15) is 22.8 Å². The maximum Gasteiger partial charge on any atom is 0.238 e. The number of fused-ring (bicyclic) bond motifs is 4. The number of hydrogen-bond donors (Lipinski definition) is 2. The minimum Gasteiger partial charge on any atom is -0.322 e. The first-order valence-corrected chi connectivity index (χ1v) is 12.3. The van der Waals surface area contributed by atoms with E-state index in [2.05, 4.69) is 20.4 Å². The van der Waals surface area contributed by atoms with Crippen molar-refractivity contribution in [2.24, 2.45) is 10.2 Å². The first-order valence-electron chi connectivity index (χ1n) is 10.7. The predicted molar refractivity (Wildman–Crippen MR) is 121 cm³/mol. The second kappa shape index (κ2) is 7.73. The second-order valence-corrected chi connectivity index (χ2v) is 9.88. The first kappa shape index (κ1) is 21.7. The van der Waals surface area contributed by atoms with Gasteiger partial charge in [-0.25, -0.2) is 27.9 Å². The zero-order chi connectivity index (χ0) is 23.4. The monoisotopic (exact) mass is 475 g/mol. The summed E-state index contributed by atoms with van der Waals surface area (Å²) in [5.74, 6) is -0.401. The summed E-state index contributed by atoms with van der Waals surface area (Å²) < 4.78 is 54.7. The molecular weight excluding hydrogens is 452 g/mol. The van der Waals surface area contributed by atoms with E-state index in [9.17, 15) is 12.8 Å². The lowest BCUT2D eigenvalue weighted by Crippen LogP contribution is -2.47. The summed E-state index contributed by atoms with van der Waals surface area (Å²) in [6.07, 6.45) is 5.63. The SMILES string of the molecule is CCN1N=C(F)C2(CCCCC2)n2c1cc1cnc(Nc3ccc(S(N)(=O)=O)cc3F)nc12. The lowest BCUT2D eigenvalue weighted by atomic mass is 9.81. The van der Waals surface area contributed by atoms with Gasteiger partial charge in [-0.05, 0) is 44.0 Å². The summed E-state index contributed by atoms with van der Waals surface area (Å²) in [6, 6.07) is 5.16. The van der Waals surface area contributed by atoms with E-state index in [1.54, 1.807) is 11.2 Å². The number of hydrazone groups is 1. The first-order chi connectivity index (χ1) is 15.7.